The van der Waals surface area contributed by atoms with Gasteiger partial charge in [-0.3, -0.25) is 4.98 Å². The number of hydrogen-bond acceptors (Lipinski definition) is 1. The highest BCUT2D eigenvalue weighted by Crippen LogP contribution is 2.32. The smallest absolute Gasteiger partial charge is 0.0512 e. The lowest BCUT2D eigenvalue weighted by molar-refractivity contribution is 0.464. The second kappa shape index (κ2) is 8.31. The summed E-state index contributed by atoms with van der Waals surface area (Å²) in [5.74, 6) is 0.658. The number of benzene rings is 1. The molecule has 0 N–H and O–H groups in total. The van der Waals surface area contributed by atoms with Gasteiger partial charge in [0.15, 0.2) is 0 Å². The first kappa shape index (κ1) is 15.5. The largest absolute Gasteiger partial charge is 0.260 e. The predicted octanol–water partition coefficient (Wildman–Crippen LogP) is 6.62. The van der Waals surface area contributed by atoms with E-state index < -0.39 is 0 Å². The predicted molar refractivity (Wildman–Crippen MR) is 95.3 cm³/mol. The van der Waals surface area contributed by atoms with E-state index in [9.17, 15) is 0 Å². The number of aromatic nitrogens is 1. The van der Waals surface area contributed by atoms with E-state index in [1.807, 2.05) is 6.20 Å². The van der Waals surface area contributed by atoms with Gasteiger partial charge in [-0.05, 0) is 24.3 Å². The van der Waals surface area contributed by atoms with Crippen molar-refractivity contribution in [3.8, 4) is 0 Å². The third-order valence-corrected chi connectivity index (χ3v) is 5.20. The summed E-state index contributed by atoms with van der Waals surface area (Å²) >= 11 is 0. The van der Waals surface area contributed by atoms with Gasteiger partial charge >= 0.3 is 0 Å². The van der Waals surface area contributed by atoms with E-state index >= 15 is 0 Å². The molecule has 0 spiro atoms. The Hall–Kier alpha value is -1.37. The van der Waals surface area contributed by atoms with Crippen molar-refractivity contribution in [1.29, 1.82) is 0 Å². The topological polar surface area (TPSA) is 12.9 Å². The third-order valence-electron chi connectivity index (χ3n) is 5.20. The van der Waals surface area contributed by atoms with Crippen LogP contribution in [0.5, 0.6) is 0 Å². The summed E-state index contributed by atoms with van der Waals surface area (Å²) in [7, 11) is 0. The first-order valence-corrected chi connectivity index (χ1v) is 9.29. The highest BCUT2D eigenvalue weighted by Gasteiger charge is 2.15. The summed E-state index contributed by atoms with van der Waals surface area (Å²) in [6.45, 7) is 0. The molecule has 0 atom stereocenters. The number of pyridine rings is 1. The van der Waals surface area contributed by atoms with Gasteiger partial charge in [0.1, 0.15) is 0 Å². The Kier molecular flexibility index (Phi) is 5.86. The Morgan fingerprint density at radius 1 is 0.682 bits per heavy atom. The van der Waals surface area contributed by atoms with Gasteiger partial charge in [-0.25, -0.2) is 0 Å². The van der Waals surface area contributed by atoms with Crippen molar-refractivity contribution in [3.63, 3.8) is 0 Å². The lowest BCUT2D eigenvalue weighted by Gasteiger charge is -2.19. The molecule has 0 aliphatic heterocycles. The van der Waals surface area contributed by atoms with Crippen LogP contribution in [0.1, 0.15) is 82.2 Å². The molecule has 0 radical (unpaired) electrons. The molecule has 0 unspecified atom stereocenters. The molecular formula is C21H29N. The van der Waals surface area contributed by atoms with Crippen LogP contribution in [0.4, 0.5) is 0 Å². The molecule has 0 amide bonds. The van der Waals surface area contributed by atoms with Gasteiger partial charge in [0.25, 0.3) is 0 Å². The molecule has 1 aliphatic carbocycles. The maximum Gasteiger partial charge on any atom is 0.0512 e. The van der Waals surface area contributed by atoms with Gasteiger partial charge in [0.05, 0.1) is 5.69 Å². The molecule has 1 aromatic heterocycles. The summed E-state index contributed by atoms with van der Waals surface area (Å²) in [5, 5.41) is 2.72. The van der Waals surface area contributed by atoms with E-state index in [2.05, 4.69) is 30.3 Å². The van der Waals surface area contributed by atoms with E-state index in [4.69, 9.17) is 4.98 Å². The quantitative estimate of drug-likeness (QED) is 0.576. The molecule has 1 nitrogen and oxygen atoms in total. The second-order valence-electron chi connectivity index (χ2n) is 6.87. The van der Waals surface area contributed by atoms with Gasteiger partial charge in [-0.1, -0.05) is 82.1 Å². The fourth-order valence-corrected chi connectivity index (χ4v) is 3.91. The number of nitrogens with zero attached hydrogens (tertiary/aromatic N) is 1. The standard InChI is InChI=1S/C21H29N/c1-2-4-6-8-13-19(14-9-7-5-3-1)21-20-15-11-10-12-18(20)16-17-22-21/h10-12,15-17,19H,1-9,13-14H2. The zero-order valence-electron chi connectivity index (χ0n) is 13.8. The normalized spacial score (nSPS) is 19.5. The first-order chi connectivity index (χ1) is 10.9. The van der Waals surface area contributed by atoms with Crippen LogP contribution < -0.4 is 0 Å². The fraction of sp³-hybridized carbons (Fsp3) is 0.571. The molecule has 2 aromatic rings. The first-order valence-electron chi connectivity index (χ1n) is 9.29. The Morgan fingerprint density at radius 2 is 1.27 bits per heavy atom. The minimum atomic E-state index is 0.658. The zero-order valence-corrected chi connectivity index (χ0v) is 13.8. The summed E-state index contributed by atoms with van der Waals surface area (Å²) in [6.07, 6.45) is 17.4. The Labute approximate surface area is 135 Å². The van der Waals surface area contributed by atoms with Crippen LogP contribution in [0, 0.1) is 0 Å². The van der Waals surface area contributed by atoms with Gasteiger partial charge < -0.3 is 0 Å². The maximum atomic E-state index is 4.80. The van der Waals surface area contributed by atoms with Crippen molar-refractivity contribution in [1.82, 2.24) is 4.98 Å². The average Bonchev–Trinajstić information content (AvgIpc) is 2.55. The monoisotopic (exact) mass is 295 g/mol. The molecule has 1 fully saturated rings. The van der Waals surface area contributed by atoms with Crippen molar-refractivity contribution >= 4 is 10.8 Å². The van der Waals surface area contributed by atoms with Crippen molar-refractivity contribution in [2.75, 3.05) is 0 Å². The molecule has 118 valence electrons. The minimum absolute atomic E-state index is 0.658. The molecule has 1 heterocycles. The van der Waals surface area contributed by atoms with Crippen LogP contribution >= 0.6 is 0 Å². The van der Waals surface area contributed by atoms with Gasteiger partial charge in [0.2, 0.25) is 0 Å². The molecule has 1 aromatic carbocycles. The second-order valence-corrected chi connectivity index (χ2v) is 6.87. The summed E-state index contributed by atoms with van der Waals surface area (Å²) in [6, 6.07) is 10.9. The van der Waals surface area contributed by atoms with Gasteiger partial charge in [-0.2, -0.15) is 0 Å². The van der Waals surface area contributed by atoms with Crippen LogP contribution in [0.2, 0.25) is 0 Å². The SMILES string of the molecule is c1ccc2c(C3CCCCCCCCCCC3)nccc2c1. The highest BCUT2D eigenvalue weighted by atomic mass is 14.7. The minimum Gasteiger partial charge on any atom is -0.260 e. The Bertz CT molecular complexity index is 558. The lowest BCUT2D eigenvalue weighted by atomic mass is 9.88. The van der Waals surface area contributed by atoms with E-state index in [-0.39, 0.29) is 0 Å². The van der Waals surface area contributed by atoms with E-state index in [1.54, 1.807) is 0 Å². The molecule has 1 saturated carbocycles. The molecular weight excluding hydrogens is 266 g/mol. The van der Waals surface area contributed by atoms with Crippen molar-refractivity contribution in [3.05, 3.63) is 42.2 Å². The fourth-order valence-electron chi connectivity index (χ4n) is 3.91. The summed E-state index contributed by atoms with van der Waals surface area (Å²) in [5.41, 5.74) is 1.36. The van der Waals surface area contributed by atoms with Gasteiger partial charge in [0, 0.05) is 17.5 Å². The summed E-state index contributed by atoms with van der Waals surface area (Å²) in [4.78, 5) is 4.80. The number of fused-ring (bicyclic) bond motifs is 1. The van der Waals surface area contributed by atoms with Crippen LogP contribution in [-0.4, -0.2) is 4.98 Å². The Balaban J connectivity index is 1.78. The van der Waals surface area contributed by atoms with Crippen LogP contribution in [0.15, 0.2) is 36.5 Å². The van der Waals surface area contributed by atoms with E-state index in [0.717, 1.165) is 0 Å². The Morgan fingerprint density at radius 3 is 1.95 bits per heavy atom. The number of rotatable bonds is 1. The van der Waals surface area contributed by atoms with Crippen LogP contribution in [0.3, 0.4) is 0 Å². The van der Waals surface area contributed by atoms with Crippen molar-refractivity contribution < 1.29 is 0 Å². The number of hydrogen-bond donors (Lipinski definition) is 0. The molecule has 0 saturated heterocycles. The molecule has 1 heteroatoms. The maximum absolute atomic E-state index is 4.80. The zero-order chi connectivity index (χ0) is 15.0. The lowest BCUT2D eigenvalue weighted by Crippen LogP contribution is -2.04. The highest BCUT2D eigenvalue weighted by molar-refractivity contribution is 5.84. The molecule has 0 bridgehead atoms. The molecule has 3 rings (SSSR count). The third kappa shape index (κ3) is 4.09. The molecule has 1 aliphatic rings. The van der Waals surface area contributed by atoms with Crippen LogP contribution in [0.25, 0.3) is 10.8 Å². The van der Waals surface area contributed by atoms with Gasteiger partial charge in [-0.15, -0.1) is 0 Å². The summed E-state index contributed by atoms with van der Waals surface area (Å²) < 4.78 is 0. The average molecular weight is 295 g/mol. The molecule has 22 heavy (non-hydrogen) atoms. The van der Waals surface area contributed by atoms with Crippen molar-refractivity contribution in [2.45, 2.75) is 76.5 Å². The van der Waals surface area contributed by atoms with Crippen molar-refractivity contribution in [2.24, 2.45) is 0 Å². The van der Waals surface area contributed by atoms with Crippen LogP contribution in [-0.2, 0) is 0 Å². The van der Waals surface area contributed by atoms with E-state index in [1.165, 1.54) is 87.1 Å². The van der Waals surface area contributed by atoms with E-state index in [0.29, 0.717) is 5.92 Å².